The maximum Gasteiger partial charge on any atom is 0.306 e. The summed E-state index contributed by atoms with van der Waals surface area (Å²) < 4.78 is 29.0. The van der Waals surface area contributed by atoms with Crippen LogP contribution in [-0.2, 0) is 33.3 Å². The van der Waals surface area contributed by atoms with Crippen molar-refractivity contribution in [3.63, 3.8) is 0 Å². The molecule has 2 aliphatic heterocycles. The van der Waals surface area contributed by atoms with Gasteiger partial charge in [0.2, 0.25) is 0 Å². The number of ether oxygens (including phenoxy) is 5. The van der Waals surface area contributed by atoms with Crippen LogP contribution in [0.5, 0.6) is 0 Å². The van der Waals surface area contributed by atoms with Gasteiger partial charge in [-0.2, -0.15) is 0 Å². The van der Waals surface area contributed by atoms with Gasteiger partial charge < -0.3 is 54.3 Å². The maximum absolute atomic E-state index is 13.4. The molecule has 2 saturated heterocycles. The molecule has 10 atom stereocenters. The number of unbranched alkanes of at least 4 members (excludes halogenated alkanes) is 36. The summed E-state index contributed by atoms with van der Waals surface area (Å²) in [5.41, 5.74) is 0. The van der Waals surface area contributed by atoms with Gasteiger partial charge in [-0.05, 0) is 37.5 Å². The molecular formula is C66H126O13. The van der Waals surface area contributed by atoms with E-state index in [1.165, 1.54) is 205 Å². The van der Waals surface area contributed by atoms with Crippen LogP contribution < -0.4 is 0 Å². The van der Waals surface area contributed by atoms with Gasteiger partial charge in [0.1, 0.15) is 62.0 Å². The summed E-state index contributed by atoms with van der Waals surface area (Å²) in [6.45, 7) is 8.15. The third kappa shape index (κ3) is 36.1. The minimum Gasteiger partial charge on any atom is -0.463 e. The lowest BCUT2D eigenvalue weighted by molar-refractivity contribution is -0.376. The first-order valence-corrected chi connectivity index (χ1v) is 33.8. The average molecular weight is 1130 g/mol. The summed E-state index contributed by atoms with van der Waals surface area (Å²) in [5, 5.41) is 65.7. The SMILES string of the molecule is CCCCCCCCCCCCC(CCCCCCCCCCCC)CC(=O)OC[C@H]1O[C@H](O[C@H]2O[C@H](COC(=O)CC(CCCCCCCCCCCC)CCCCCCCCCCCC)[C@@H](O)[C@H](O)[C@H]2O)[C@H](O)[C@@H](O)[C@@H]1O. The molecule has 0 saturated carbocycles. The molecule has 6 N–H and O–H groups in total. The Morgan fingerprint density at radius 2 is 0.532 bits per heavy atom. The Hall–Kier alpha value is -1.42. The van der Waals surface area contributed by atoms with Crippen molar-refractivity contribution in [1.29, 1.82) is 0 Å². The molecule has 13 heteroatoms. The van der Waals surface area contributed by atoms with Crippen molar-refractivity contribution in [2.75, 3.05) is 13.2 Å². The van der Waals surface area contributed by atoms with Crippen LogP contribution in [0.3, 0.4) is 0 Å². The lowest BCUT2D eigenvalue weighted by atomic mass is 9.91. The van der Waals surface area contributed by atoms with E-state index in [4.69, 9.17) is 23.7 Å². The fourth-order valence-corrected chi connectivity index (χ4v) is 11.8. The molecule has 2 heterocycles. The molecule has 2 fully saturated rings. The zero-order chi connectivity index (χ0) is 57.6. The molecule has 0 aromatic heterocycles. The van der Waals surface area contributed by atoms with E-state index in [-0.39, 0.29) is 24.7 Å². The lowest BCUT2D eigenvalue weighted by Gasteiger charge is -2.44. The highest BCUT2D eigenvalue weighted by molar-refractivity contribution is 5.70. The van der Waals surface area contributed by atoms with Crippen molar-refractivity contribution in [2.45, 2.75) is 384 Å². The van der Waals surface area contributed by atoms with Gasteiger partial charge in [-0.1, -0.05) is 285 Å². The van der Waals surface area contributed by atoms with E-state index in [1.54, 1.807) is 0 Å². The van der Waals surface area contributed by atoms with Crippen molar-refractivity contribution < 1.29 is 63.9 Å². The fraction of sp³-hybridized carbons (Fsp3) is 0.970. The third-order valence-electron chi connectivity index (χ3n) is 17.2. The Morgan fingerprint density at radius 3 is 0.759 bits per heavy atom. The van der Waals surface area contributed by atoms with E-state index in [2.05, 4.69) is 27.7 Å². The van der Waals surface area contributed by atoms with Gasteiger partial charge in [0, 0.05) is 12.8 Å². The molecule has 0 aromatic carbocycles. The number of aliphatic hydroxyl groups excluding tert-OH is 6. The van der Waals surface area contributed by atoms with Crippen LogP contribution in [0.15, 0.2) is 0 Å². The molecule has 468 valence electrons. The van der Waals surface area contributed by atoms with E-state index in [0.29, 0.717) is 0 Å². The lowest BCUT2D eigenvalue weighted by Crippen LogP contribution is -2.64. The van der Waals surface area contributed by atoms with Gasteiger partial charge in [0.25, 0.3) is 0 Å². The molecule has 0 bridgehead atoms. The molecule has 79 heavy (non-hydrogen) atoms. The van der Waals surface area contributed by atoms with Gasteiger partial charge in [0.15, 0.2) is 12.6 Å². The highest BCUT2D eigenvalue weighted by atomic mass is 16.8. The molecule has 0 radical (unpaired) electrons. The van der Waals surface area contributed by atoms with Gasteiger partial charge in [-0.3, -0.25) is 9.59 Å². The molecule has 0 aromatic rings. The summed E-state index contributed by atoms with van der Waals surface area (Å²) in [4.78, 5) is 26.9. The van der Waals surface area contributed by atoms with Crippen molar-refractivity contribution in [2.24, 2.45) is 11.8 Å². The number of esters is 2. The number of hydrogen-bond acceptors (Lipinski definition) is 13. The van der Waals surface area contributed by atoms with Gasteiger partial charge >= 0.3 is 11.9 Å². The number of aliphatic hydroxyl groups is 6. The predicted molar refractivity (Wildman–Crippen MR) is 318 cm³/mol. The first kappa shape index (κ1) is 73.7. The van der Waals surface area contributed by atoms with E-state index < -0.39 is 86.6 Å². The average Bonchev–Trinajstić information content (AvgIpc) is 3.47. The van der Waals surface area contributed by atoms with E-state index in [1.807, 2.05) is 0 Å². The largest absolute Gasteiger partial charge is 0.463 e. The summed E-state index contributed by atoms with van der Waals surface area (Å²) >= 11 is 0. The Labute approximate surface area is 483 Å². The van der Waals surface area contributed by atoms with Crippen molar-refractivity contribution >= 4 is 11.9 Å². The third-order valence-corrected chi connectivity index (χ3v) is 17.2. The summed E-state index contributed by atoms with van der Waals surface area (Å²) in [7, 11) is 0. The first-order chi connectivity index (χ1) is 38.5. The van der Waals surface area contributed by atoms with Gasteiger partial charge in [0.05, 0.1) is 0 Å². The second kappa shape index (κ2) is 50.0. The fourth-order valence-electron chi connectivity index (χ4n) is 11.8. The summed E-state index contributed by atoms with van der Waals surface area (Å²) in [6, 6.07) is 0. The van der Waals surface area contributed by atoms with Crippen molar-refractivity contribution in [1.82, 2.24) is 0 Å². The van der Waals surface area contributed by atoms with Gasteiger partial charge in [-0.25, -0.2) is 0 Å². The Bertz CT molecular complexity index is 1240. The van der Waals surface area contributed by atoms with Crippen LogP contribution in [0.1, 0.15) is 323 Å². The molecular weight excluding hydrogens is 1000 g/mol. The second-order valence-electron chi connectivity index (χ2n) is 24.6. The van der Waals surface area contributed by atoms with E-state index >= 15 is 0 Å². The normalized spacial score (nSPS) is 23.5. The van der Waals surface area contributed by atoms with Gasteiger partial charge in [-0.15, -0.1) is 0 Å². The number of carbonyl (C=O) groups is 2. The van der Waals surface area contributed by atoms with Crippen LogP contribution >= 0.6 is 0 Å². The highest BCUT2D eigenvalue weighted by Crippen LogP contribution is 2.31. The number of carbonyl (C=O) groups excluding carboxylic acids is 2. The molecule has 2 rings (SSSR count). The zero-order valence-corrected chi connectivity index (χ0v) is 51.4. The van der Waals surface area contributed by atoms with Crippen LogP contribution in [-0.4, -0.2) is 117 Å². The maximum atomic E-state index is 13.4. The topological polar surface area (TPSA) is 202 Å². The number of rotatable bonds is 54. The molecule has 0 unspecified atom stereocenters. The first-order valence-electron chi connectivity index (χ1n) is 33.8. The number of hydrogen-bond donors (Lipinski definition) is 6. The molecule has 0 amide bonds. The minimum atomic E-state index is -1.81. The predicted octanol–water partition coefficient (Wildman–Crippen LogP) is 15.0. The van der Waals surface area contributed by atoms with Crippen LogP contribution in [0, 0.1) is 11.8 Å². The van der Waals surface area contributed by atoms with Crippen molar-refractivity contribution in [3.05, 3.63) is 0 Å². The quantitative estimate of drug-likeness (QED) is 0.0248. The second-order valence-corrected chi connectivity index (χ2v) is 24.6. The monoisotopic (exact) mass is 1130 g/mol. The van der Waals surface area contributed by atoms with E-state index in [0.717, 1.165) is 77.0 Å². The van der Waals surface area contributed by atoms with E-state index in [9.17, 15) is 40.2 Å². The summed E-state index contributed by atoms with van der Waals surface area (Å²) in [5.74, 6) is -0.522. The van der Waals surface area contributed by atoms with Crippen LogP contribution in [0.25, 0.3) is 0 Å². The molecule has 13 nitrogen and oxygen atoms in total. The Kier molecular flexibility index (Phi) is 46.6. The summed E-state index contributed by atoms with van der Waals surface area (Å²) in [6.07, 6.45) is 37.6. The minimum absolute atomic E-state index is 0.167. The van der Waals surface area contributed by atoms with Crippen LogP contribution in [0.4, 0.5) is 0 Å². The molecule has 0 aliphatic carbocycles. The molecule has 2 aliphatic rings. The smallest absolute Gasteiger partial charge is 0.306 e. The molecule has 0 spiro atoms. The van der Waals surface area contributed by atoms with Crippen LogP contribution in [0.2, 0.25) is 0 Å². The highest BCUT2D eigenvalue weighted by Gasteiger charge is 2.50. The Morgan fingerprint density at radius 1 is 0.316 bits per heavy atom. The standard InChI is InChI=1S/C66H126O13/c1-5-9-13-17-21-25-29-33-37-41-45-53(46-42-38-34-30-26-22-18-14-10-6-2)49-57(67)75-51-55-59(69)61(71)63(73)65(77-55)79-66-64(74)62(72)60(70)56(78-66)52-76-58(68)50-54(47-43-39-35-31-27-23-19-15-11-7-3)48-44-40-36-32-28-24-20-16-12-8-4/h53-56,59-66,69-74H,5-52H2,1-4H3/t55-,56-,59-,60-,61+,62+,63-,64-,65-,66-/m1/s1. The Balaban J connectivity index is 1.95. The zero-order valence-electron chi connectivity index (χ0n) is 51.4. The van der Waals surface area contributed by atoms with Crippen molar-refractivity contribution in [3.8, 4) is 0 Å².